The van der Waals surface area contributed by atoms with Gasteiger partial charge < -0.3 is 4.90 Å². The van der Waals surface area contributed by atoms with Crippen LogP contribution in [0.1, 0.15) is 33.7 Å². The van der Waals surface area contributed by atoms with E-state index in [-0.39, 0.29) is 23.2 Å². The molecule has 4 rings (SSSR count). The van der Waals surface area contributed by atoms with Gasteiger partial charge in [0.2, 0.25) is 10.0 Å². The maximum atomic E-state index is 13.4. The van der Waals surface area contributed by atoms with Gasteiger partial charge in [-0.3, -0.25) is 4.79 Å². The van der Waals surface area contributed by atoms with Crippen LogP contribution in [0.15, 0.2) is 53.4 Å². The zero-order chi connectivity index (χ0) is 23.8. The quantitative estimate of drug-likeness (QED) is 0.585. The van der Waals surface area contributed by atoms with Gasteiger partial charge in [0.1, 0.15) is 5.82 Å². The van der Waals surface area contributed by atoms with E-state index in [1.807, 2.05) is 13.8 Å². The molecular weight excluding hydrogens is 443 g/mol. The minimum atomic E-state index is -3.62. The number of halogens is 1. The highest BCUT2D eigenvalue weighted by atomic mass is 32.2. The van der Waals surface area contributed by atoms with Crippen molar-refractivity contribution in [1.29, 1.82) is 0 Å². The molecule has 7 nitrogen and oxygen atoms in total. The molecule has 2 heterocycles. The van der Waals surface area contributed by atoms with E-state index in [4.69, 9.17) is 0 Å². The third-order valence-electron chi connectivity index (χ3n) is 5.98. The predicted octanol–water partition coefficient (Wildman–Crippen LogP) is 3.47. The van der Waals surface area contributed by atoms with Crippen LogP contribution in [0.5, 0.6) is 0 Å². The molecule has 0 radical (unpaired) electrons. The van der Waals surface area contributed by atoms with Gasteiger partial charge in [0.25, 0.3) is 5.91 Å². The monoisotopic (exact) mass is 470 g/mol. The summed E-state index contributed by atoms with van der Waals surface area (Å²) >= 11 is 0. The number of aryl methyl sites for hydroxylation is 2. The van der Waals surface area contributed by atoms with Gasteiger partial charge in [-0.25, -0.2) is 17.5 Å². The second-order valence-corrected chi connectivity index (χ2v) is 10.2. The standard InChI is InChI=1S/C24H27FN4O3S/c1-17-5-11-22(12-6-17)33(31,32)28-14-4-13-27(15-16-28)24(30)23-18(2)26-29(19(23)3)21-9-7-20(25)8-10-21/h5-12H,4,13-16H2,1-3H3. The summed E-state index contributed by atoms with van der Waals surface area (Å²) in [6.45, 7) is 6.83. The Morgan fingerprint density at radius 3 is 2.24 bits per heavy atom. The van der Waals surface area contributed by atoms with Gasteiger partial charge in [-0.1, -0.05) is 17.7 Å². The van der Waals surface area contributed by atoms with Crippen LogP contribution < -0.4 is 0 Å². The largest absolute Gasteiger partial charge is 0.337 e. The average Bonchev–Trinajstić information content (AvgIpc) is 2.95. The Hall–Kier alpha value is -3.04. The predicted molar refractivity (Wildman–Crippen MR) is 123 cm³/mol. The molecule has 0 bridgehead atoms. The van der Waals surface area contributed by atoms with Gasteiger partial charge in [0, 0.05) is 26.2 Å². The molecule has 0 unspecified atom stereocenters. The number of benzene rings is 2. The molecule has 2 aromatic carbocycles. The lowest BCUT2D eigenvalue weighted by atomic mass is 10.1. The lowest BCUT2D eigenvalue weighted by molar-refractivity contribution is 0.0762. The molecule has 0 spiro atoms. The fourth-order valence-corrected chi connectivity index (χ4v) is 5.61. The molecule has 33 heavy (non-hydrogen) atoms. The van der Waals surface area contributed by atoms with E-state index >= 15 is 0 Å². The molecule has 1 aliphatic rings. The molecular formula is C24H27FN4O3S. The van der Waals surface area contributed by atoms with Crippen LogP contribution in [0.3, 0.4) is 0 Å². The lowest BCUT2D eigenvalue weighted by Gasteiger charge is -2.22. The van der Waals surface area contributed by atoms with E-state index < -0.39 is 10.0 Å². The summed E-state index contributed by atoms with van der Waals surface area (Å²) in [5.41, 5.74) is 3.40. The van der Waals surface area contributed by atoms with Crippen molar-refractivity contribution in [3.63, 3.8) is 0 Å². The number of aromatic nitrogens is 2. The van der Waals surface area contributed by atoms with Crippen LogP contribution in [0, 0.1) is 26.6 Å². The topological polar surface area (TPSA) is 75.5 Å². The fraction of sp³-hybridized carbons (Fsp3) is 0.333. The molecule has 174 valence electrons. The van der Waals surface area contributed by atoms with Crippen LogP contribution >= 0.6 is 0 Å². The van der Waals surface area contributed by atoms with Gasteiger partial charge in [-0.15, -0.1) is 0 Å². The first kappa shape index (κ1) is 23.1. The van der Waals surface area contributed by atoms with E-state index in [0.29, 0.717) is 48.7 Å². The van der Waals surface area contributed by atoms with Crippen molar-refractivity contribution in [1.82, 2.24) is 19.0 Å². The van der Waals surface area contributed by atoms with Crippen LogP contribution in [-0.2, 0) is 10.0 Å². The Bertz CT molecular complexity index is 1270. The van der Waals surface area contributed by atoms with E-state index in [0.717, 1.165) is 5.56 Å². The van der Waals surface area contributed by atoms with Crippen molar-refractivity contribution in [3.8, 4) is 5.69 Å². The Kier molecular flexibility index (Phi) is 6.36. The first-order chi connectivity index (χ1) is 15.7. The fourth-order valence-electron chi connectivity index (χ4n) is 4.14. The molecule has 1 saturated heterocycles. The molecule has 1 aromatic heterocycles. The number of hydrogen-bond donors (Lipinski definition) is 0. The first-order valence-electron chi connectivity index (χ1n) is 10.9. The molecule has 3 aromatic rings. The van der Waals surface area contributed by atoms with E-state index in [1.165, 1.54) is 16.4 Å². The Labute approximate surface area is 193 Å². The molecule has 1 amide bonds. The highest BCUT2D eigenvalue weighted by Crippen LogP contribution is 2.22. The van der Waals surface area contributed by atoms with Crippen LogP contribution in [-0.4, -0.2) is 59.5 Å². The third-order valence-corrected chi connectivity index (χ3v) is 7.89. The van der Waals surface area contributed by atoms with Crippen LogP contribution in [0.2, 0.25) is 0 Å². The third kappa shape index (κ3) is 4.56. The summed E-state index contributed by atoms with van der Waals surface area (Å²) in [4.78, 5) is 15.4. The Morgan fingerprint density at radius 1 is 0.909 bits per heavy atom. The van der Waals surface area contributed by atoms with E-state index in [9.17, 15) is 17.6 Å². The second kappa shape index (κ2) is 9.07. The van der Waals surface area contributed by atoms with Crippen LogP contribution in [0.25, 0.3) is 5.69 Å². The molecule has 0 aliphatic carbocycles. The highest BCUT2D eigenvalue weighted by molar-refractivity contribution is 7.89. The SMILES string of the molecule is Cc1ccc(S(=O)(=O)N2CCCN(C(=O)c3c(C)nn(-c4ccc(F)cc4)c3C)CC2)cc1. The molecule has 1 fully saturated rings. The Balaban J connectivity index is 1.54. The molecule has 1 aliphatic heterocycles. The number of hydrogen-bond acceptors (Lipinski definition) is 4. The Morgan fingerprint density at radius 2 is 1.58 bits per heavy atom. The van der Waals surface area contributed by atoms with Gasteiger partial charge in [0.15, 0.2) is 0 Å². The van der Waals surface area contributed by atoms with Gasteiger partial charge in [-0.05, 0) is 63.6 Å². The van der Waals surface area contributed by atoms with E-state index in [1.54, 1.807) is 52.9 Å². The highest BCUT2D eigenvalue weighted by Gasteiger charge is 2.30. The number of nitrogens with zero attached hydrogens (tertiary/aromatic N) is 4. The second-order valence-electron chi connectivity index (χ2n) is 8.30. The van der Waals surface area contributed by atoms with Crippen molar-refractivity contribution < 1.29 is 17.6 Å². The summed E-state index contributed by atoms with van der Waals surface area (Å²) in [5.74, 6) is -0.515. The zero-order valence-electron chi connectivity index (χ0n) is 19.0. The summed E-state index contributed by atoms with van der Waals surface area (Å²) in [6, 6.07) is 12.7. The van der Waals surface area contributed by atoms with Crippen LogP contribution in [0.4, 0.5) is 4.39 Å². The smallest absolute Gasteiger partial charge is 0.257 e. The van der Waals surface area contributed by atoms with Crippen molar-refractivity contribution in [2.75, 3.05) is 26.2 Å². The summed E-state index contributed by atoms with van der Waals surface area (Å²) < 4.78 is 42.5. The average molecular weight is 471 g/mol. The molecule has 0 saturated carbocycles. The number of sulfonamides is 1. The van der Waals surface area contributed by atoms with Crippen molar-refractivity contribution >= 4 is 15.9 Å². The lowest BCUT2D eigenvalue weighted by Crippen LogP contribution is -2.37. The minimum Gasteiger partial charge on any atom is -0.337 e. The maximum absolute atomic E-state index is 13.4. The number of amides is 1. The van der Waals surface area contributed by atoms with Gasteiger partial charge in [-0.2, -0.15) is 9.40 Å². The number of rotatable bonds is 4. The first-order valence-corrected chi connectivity index (χ1v) is 12.3. The van der Waals surface area contributed by atoms with E-state index in [2.05, 4.69) is 5.10 Å². The zero-order valence-corrected chi connectivity index (χ0v) is 19.8. The normalized spacial score (nSPS) is 15.5. The van der Waals surface area contributed by atoms with Gasteiger partial charge in [0.05, 0.1) is 27.5 Å². The van der Waals surface area contributed by atoms with Crippen molar-refractivity contribution in [3.05, 3.63) is 76.9 Å². The van der Waals surface area contributed by atoms with Crippen molar-refractivity contribution in [2.24, 2.45) is 0 Å². The molecule has 9 heteroatoms. The summed E-state index contributed by atoms with van der Waals surface area (Å²) in [6.07, 6.45) is 0.543. The molecule has 0 atom stereocenters. The minimum absolute atomic E-state index is 0.173. The number of carbonyl (C=O) groups excluding carboxylic acids is 1. The summed E-state index contributed by atoms with van der Waals surface area (Å²) in [5, 5.41) is 4.49. The van der Waals surface area contributed by atoms with Gasteiger partial charge >= 0.3 is 0 Å². The number of carbonyl (C=O) groups is 1. The molecule has 0 N–H and O–H groups in total. The van der Waals surface area contributed by atoms with Crippen molar-refractivity contribution in [2.45, 2.75) is 32.1 Å². The maximum Gasteiger partial charge on any atom is 0.257 e. The summed E-state index contributed by atoms with van der Waals surface area (Å²) in [7, 11) is -3.62.